The van der Waals surface area contributed by atoms with Gasteiger partial charge in [0, 0.05) is 18.3 Å². The number of benzene rings is 2. The van der Waals surface area contributed by atoms with Crippen molar-refractivity contribution in [2.24, 2.45) is 5.92 Å². The largest absolute Gasteiger partial charge is 0.493 e. The molecule has 1 N–H and O–H groups in total. The molecule has 1 aliphatic carbocycles. The van der Waals surface area contributed by atoms with E-state index in [1.165, 1.54) is 10.6 Å². The van der Waals surface area contributed by atoms with Gasteiger partial charge in [-0.15, -0.1) is 0 Å². The van der Waals surface area contributed by atoms with Gasteiger partial charge in [0.05, 0.1) is 18.9 Å². The lowest BCUT2D eigenvalue weighted by Gasteiger charge is -2.15. The molecule has 0 radical (unpaired) electrons. The molecule has 1 aliphatic rings. The quantitative estimate of drug-likeness (QED) is 0.587. The van der Waals surface area contributed by atoms with E-state index in [1.807, 2.05) is 30.3 Å². The summed E-state index contributed by atoms with van der Waals surface area (Å²) in [6.45, 7) is 0.630. The fourth-order valence-electron chi connectivity index (χ4n) is 3.22. The first kappa shape index (κ1) is 20.0. The summed E-state index contributed by atoms with van der Waals surface area (Å²) in [6, 6.07) is 18.3. The van der Waals surface area contributed by atoms with E-state index in [1.54, 1.807) is 37.6 Å². The first-order chi connectivity index (χ1) is 14.6. The highest BCUT2D eigenvalue weighted by molar-refractivity contribution is 5.49. The van der Waals surface area contributed by atoms with Crippen molar-refractivity contribution in [3.8, 4) is 22.9 Å². The van der Waals surface area contributed by atoms with Gasteiger partial charge in [-0.25, -0.2) is 0 Å². The zero-order chi connectivity index (χ0) is 20.9. The van der Waals surface area contributed by atoms with Crippen LogP contribution in [0, 0.1) is 5.92 Å². The summed E-state index contributed by atoms with van der Waals surface area (Å²) < 4.78 is 18.4. The monoisotopic (exact) mass is 407 g/mol. The number of aromatic nitrogens is 1. The molecule has 0 saturated heterocycles. The SMILES string of the molecule is COc1cc(-n2ccc(OCc3ccccc3)cc2=O)ccc1OCC(O)C1CC1. The average Bonchev–Trinajstić information content (AvgIpc) is 3.62. The molecule has 1 atom stereocenters. The Balaban J connectivity index is 1.46. The number of aliphatic hydroxyl groups is 1. The van der Waals surface area contributed by atoms with Crippen molar-refractivity contribution < 1.29 is 19.3 Å². The summed E-state index contributed by atoms with van der Waals surface area (Å²) in [5.41, 5.74) is 1.48. The minimum Gasteiger partial charge on any atom is -0.493 e. The lowest BCUT2D eigenvalue weighted by molar-refractivity contribution is 0.0880. The van der Waals surface area contributed by atoms with Crippen LogP contribution in [0.4, 0.5) is 0 Å². The number of ether oxygens (including phenoxy) is 3. The highest BCUT2D eigenvalue weighted by Gasteiger charge is 2.30. The normalized spacial score (nSPS) is 14.2. The van der Waals surface area contributed by atoms with Crippen LogP contribution in [0.5, 0.6) is 17.2 Å². The van der Waals surface area contributed by atoms with Gasteiger partial charge in [0.1, 0.15) is 19.0 Å². The van der Waals surface area contributed by atoms with Crippen molar-refractivity contribution >= 4 is 0 Å². The van der Waals surface area contributed by atoms with Crippen molar-refractivity contribution in [3.05, 3.63) is 82.8 Å². The summed E-state index contributed by atoms with van der Waals surface area (Å²) in [7, 11) is 1.55. The van der Waals surface area contributed by atoms with Crippen LogP contribution in [0.1, 0.15) is 18.4 Å². The lowest BCUT2D eigenvalue weighted by atomic mass is 10.2. The maximum atomic E-state index is 12.6. The maximum Gasteiger partial charge on any atom is 0.258 e. The molecule has 1 unspecified atom stereocenters. The molecule has 1 fully saturated rings. The molecule has 0 bridgehead atoms. The molecule has 1 heterocycles. The summed E-state index contributed by atoms with van der Waals surface area (Å²) in [5.74, 6) is 1.90. The molecular weight excluding hydrogens is 382 g/mol. The Morgan fingerprint density at radius 1 is 1.03 bits per heavy atom. The number of aliphatic hydroxyl groups excluding tert-OH is 1. The standard InChI is InChI=1S/C24H25NO5/c1-28-23-13-19(9-10-22(23)30-16-21(26)18-7-8-18)25-12-11-20(14-24(25)27)29-15-17-5-3-2-4-6-17/h2-6,9-14,18,21,26H,7-8,15-16H2,1H3. The van der Waals surface area contributed by atoms with Gasteiger partial charge in [-0.2, -0.15) is 0 Å². The topological polar surface area (TPSA) is 69.9 Å². The van der Waals surface area contributed by atoms with Gasteiger partial charge in [-0.1, -0.05) is 30.3 Å². The molecule has 6 nitrogen and oxygen atoms in total. The number of methoxy groups -OCH3 is 1. The van der Waals surface area contributed by atoms with E-state index in [0.717, 1.165) is 18.4 Å². The zero-order valence-electron chi connectivity index (χ0n) is 16.9. The van der Waals surface area contributed by atoms with Crippen LogP contribution < -0.4 is 19.8 Å². The third-order valence-corrected chi connectivity index (χ3v) is 5.14. The molecule has 30 heavy (non-hydrogen) atoms. The molecule has 0 spiro atoms. The van der Waals surface area contributed by atoms with Crippen molar-refractivity contribution in [3.63, 3.8) is 0 Å². The van der Waals surface area contributed by atoms with E-state index in [0.29, 0.717) is 35.5 Å². The van der Waals surface area contributed by atoms with E-state index < -0.39 is 6.10 Å². The Morgan fingerprint density at radius 3 is 2.53 bits per heavy atom. The molecule has 4 rings (SSSR count). The minimum absolute atomic E-state index is 0.208. The third-order valence-electron chi connectivity index (χ3n) is 5.14. The van der Waals surface area contributed by atoms with Gasteiger partial charge in [0.25, 0.3) is 5.56 Å². The van der Waals surface area contributed by atoms with Crippen LogP contribution in [0.2, 0.25) is 0 Å². The summed E-state index contributed by atoms with van der Waals surface area (Å²) in [4.78, 5) is 12.6. The first-order valence-electron chi connectivity index (χ1n) is 10.0. The molecule has 156 valence electrons. The number of rotatable bonds is 9. The van der Waals surface area contributed by atoms with Crippen LogP contribution >= 0.6 is 0 Å². The molecule has 1 saturated carbocycles. The molecule has 1 aromatic heterocycles. The summed E-state index contributed by atoms with van der Waals surface area (Å²) in [5, 5.41) is 10.0. The van der Waals surface area contributed by atoms with Crippen molar-refractivity contribution in [2.75, 3.05) is 13.7 Å². The Morgan fingerprint density at radius 2 is 1.83 bits per heavy atom. The zero-order valence-corrected chi connectivity index (χ0v) is 16.9. The van der Waals surface area contributed by atoms with Gasteiger partial charge in [0.15, 0.2) is 11.5 Å². The predicted molar refractivity (Wildman–Crippen MR) is 114 cm³/mol. The Bertz CT molecular complexity index is 1040. The fourth-order valence-corrected chi connectivity index (χ4v) is 3.22. The van der Waals surface area contributed by atoms with Gasteiger partial charge >= 0.3 is 0 Å². The molecule has 6 heteroatoms. The molecule has 3 aromatic rings. The van der Waals surface area contributed by atoms with Crippen molar-refractivity contribution in [2.45, 2.75) is 25.6 Å². The lowest BCUT2D eigenvalue weighted by Crippen LogP contribution is -2.20. The number of nitrogens with zero attached hydrogens (tertiary/aromatic N) is 1. The van der Waals surface area contributed by atoms with Crippen molar-refractivity contribution in [1.29, 1.82) is 0 Å². The second-order valence-corrected chi connectivity index (χ2v) is 7.40. The van der Waals surface area contributed by atoms with E-state index in [9.17, 15) is 9.90 Å². The highest BCUT2D eigenvalue weighted by atomic mass is 16.5. The number of hydrogen-bond donors (Lipinski definition) is 1. The Labute approximate surface area is 175 Å². The van der Waals surface area contributed by atoms with E-state index >= 15 is 0 Å². The predicted octanol–water partition coefficient (Wildman–Crippen LogP) is 3.57. The van der Waals surface area contributed by atoms with Gasteiger partial charge in [0.2, 0.25) is 0 Å². The second-order valence-electron chi connectivity index (χ2n) is 7.40. The Kier molecular flexibility index (Phi) is 6.05. The Hall–Kier alpha value is -3.25. The van der Waals surface area contributed by atoms with E-state index in [2.05, 4.69) is 0 Å². The van der Waals surface area contributed by atoms with Gasteiger partial charge in [-0.3, -0.25) is 9.36 Å². The second kappa shape index (κ2) is 9.05. The van der Waals surface area contributed by atoms with Crippen LogP contribution in [0.3, 0.4) is 0 Å². The fraction of sp³-hybridized carbons (Fsp3) is 0.292. The highest BCUT2D eigenvalue weighted by Crippen LogP contribution is 2.34. The van der Waals surface area contributed by atoms with Crippen molar-refractivity contribution in [1.82, 2.24) is 4.57 Å². The minimum atomic E-state index is -0.458. The number of hydrogen-bond acceptors (Lipinski definition) is 5. The van der Waals surface area contributed by atoms with Gasteiger partial charge in [-0.05, 0) is 42.5 Å². The summed E-state index contributed by atoms with van der Waals surface area (Å²) >= 11 is 0. The third kappa shape index (κ3) is 4.83. The van der Waals surface area contributed by atoms with Crippen LogP contribution in [0.25, 0.3) is 5.69 Å². The number of pyridine rings is 1. The molecule has 0 aliphatic heterocycles. The summed E-state index contributed by atoms with van der Waals surface area (Å²) in [6.07, 6.45) is 3.32. The smallest absolute Gasteiger partial charge is 0.258 e. The molecular formula is C24H25NO5. The van der Waals surface area contributed by atoms with Crippen LogP contribution in [0.15, 0.2) is 71.7 Å². The van der Waals surface area contributed by atoms with Crippen LogP contribution in [-0.2, 0) is 6.61 Å². The molecule has 2 aromatic carbocycles. The van der Waals surface area contributed by atoms with E-state index in [-0.39, 0.29) is 12.2 Å². The van der Waals surface area contributed by atoms with Crippen LogP contribution in [-0.4, -0.2) is 29.5 Å². The van der Waals surface area contributed by atoms with Gasteiger partial charge < -0.3 is 19.3 Å². The first-order valence-corrected chi connectivity index (χ1v) is 10.0. The van der Waals surface area contributed by atoms with E-state index in [4.69, 9.17) is 14.2 Å². The molecule has 0 amide bonds. The maximum absolute atomic E-state index is 12.6. The average molecular weight is 407 g/mol.